The molecule has 0 spiro atoms. The van der Waals surface area contributed by atoms with Crippen LogP contribution in [0.4, 0.5) is 5.69 Å². The highest BCUT2D eigenvalue weighted by molar-refractivity contribution is 9.10. The summed E-state index contributed by atoms with van der Waals surface area (Å²) in [4.78, 5) is 12.0. The Morgan fingerprint density at radius 2 is 2.18 bits per heavy atom. The Bertz CT molecular complexity index is 414. The average molecular weight is 300 g/mol. The molecule has 0 aromatic heterocycles. The molecule has 17 heavy (non-hydrogen) atoms. The van der Waals surface area contributed by atoms with Gasteiger partial charge < -0.3 is 10.1 Å². The number of ether oxygens (including phenoxy) is 1. The number of amides is 1. The van der Waals surface area contributed by atoms with Gasteiger partial charge in [0.2, 0.25) is 0 Å². The number of anilines is 1. The molecule has 0 aliphatic heterocycles. The fourth-order valence-electron chi connectivity index (χ4n) is 1.33. The Labute approximate surface area is 111 Å². The third-order valence-corrected chi connectivity index (χ3v) is 3.89. The third kappa shape index (κ3) is 3.30. The van der Waals surface area contributed by atoms with Gasteiger partial charge in [0.1, 0.15) is 5.60 Å². The van der Waals surface area contributed by atoms with Gasteiger partial charge in [0.15, 0.2) is 0 Å². The minimum Gasteiger partial charge on any atom is -0.369 e. The minimum absolute atomic E-state index is 0.127. The predicted molar refractivity (Wildman–Crippen MR) is 73.2 cm³/mol. The molecule has 1 N–H and O–H groups in total. The van der Waals surface area contributed by atoms with E-state index in [1.54, 1.807) is 14.0 Å². The van der Waals surface area contributed by atoms with Crippen molar-refractivity contribution < 1.29 is 9.53 Å². The molecule has 0 heterocycles. The first-order chi connectivity index (χ1) is 7.92. The monoisotopic (exact) mass is 299 g/mol. The maximum absolute atomic E-state index is 12.0. The van der Waals surface area contributed by atoms with Crippen LogP contribution >= 0.6 is 15.9 Å². The van der Waals surface area contributed by atoms with Crippen molar-refractivity contribution in [1.29, 1.82) is 0 Å². The lowest BCUT2D eigenvalue weighted by Crippen LogP contribution is -2.41. The van der Waals surface area contributed by atoms with Crippen LogP contribution in [0.25, 0.3) is 0 Å². The van der Waals surface area contributed by atoms with E-state index in [9.17, 15) is 4.79 Å². The number of benzene rings is 1. The zero-order valence-electron chi connectivity index (χ0n) is 10.6. The Morgan fingerprint density at radius 3 is 2.65 bits per heavy atom. The second-order valence-corrected chi connectivity index (χ2v) is 5.06. The Hall–Kier alpha value is -0.870. The summed E-state index contributed by atoms with van der Waals surface area (Å²) in [5.74, 6) is -0.127. The maximum atomic E-state index is 12.0. The maximum Gasteiger partial charge on any atom is 0.256 e. The highest BCUT2D eigenvalue weighted by Gasteiger charge is 2.30. The normalized spacial score (nSPS) is 14.2. The molecule has 1 amide bonds. The number of rotatable bonds is 4. The van der Waals surface area contributed by atoms with Gasteiger partial charge in [0.05, 0.1) is 0 Å². The molecular weight excluding hydrogens is 282 g/mol. The summed E-state index contributed by atoms with van der Waals surface area (Å²) < 4.78 is 6.23. The Balaban J connectivity index is 2.84. The zero-order valence-corrected chi connectivity index (χ0v) is 12.2. The summed E-state index contributed by atoms with van der Waals surface area (Å²) in [5.41, 5.74) is 1.12. The van der Waals surface area contributed by atoms with E-state index in [-0.39, 0.29) is 5.91 Å². The fraction of sp³-hybridized carbons (Fsp3) is 0.462. The summed E-state index contributed by atoms with van der Waals surface area (Å²) in [7, 11) is 1.55. The lowest BCUT2D eigenvalue weighted by atomic mass is 10.0. The molecule has 0 aliphatic carbocycles. The lowest BCUT2D eigenvalue weighted by molar-refractivity contribution is -0.136. The zero-order chi connectivity index (χ0) is 13.1. The molecule has 94 valence electrons. The van der Waals surface area contributed by atoms with Gasteiger partial charge >= 0.3 is 0 Å². The number of carbonyl (C=O) groups excluding carboxylic acids is 1. The van der Waals surface area contributed by atoms with Crippen molar-refractivity contribution in [2.24, 2.45) is 0 Å². The van der Waals surface area contributed by atoms with Crippen molar-refractivity contribution in [1.82, 2.24) is 0 Å². The highest BCUT2D eigenvalue weighted by atomic mass is 79.9. The van der Waals surface area contributed by atoms with E-state index in [2.05, 4.69) is 21.2 Å². The molecule has 3 nitrogen and oxygen atoms in total. The first kappa shape index (κ1) is 14.2. The summed E-state index contributed by atoms with van der Waals surface area (Å²) in [6, 6.07) is 5.72. The number of nitrogens with one attached hydrogen (secondary N) is 1. The van der Waals surface area contributed by atoms with Crippen molar-refractivity contribution in [3.63, 3.8) is 0 Å². The van der Waals surface area contributed by atoms with Gasteiger partial charge in [0, 0.05) is 17.3 Å². The molecular formula is C13H18BrNO2. The molecule has 0 aliphatic rings. The van der Waals surface area contributed by atoms with Crippen LogP contribution in [0, 0.1) is 6.92 Å². The smallest absolute Gasteiger partial charge is 0.256 e. The molecule has 1 rings (SSSR count). The van der Waals surface area contributed by atoms with Crippen molar-refractivity contribution in [2.45, 2.75) is 32.8 Å². The van der Waals surface area contributed by atoms with Gasteiger partial charge in [-0.2, -0.15) is 0 Å². The summed E-state index contributed by atoms with van der Waals surface area (Å²) in [6.45, 7) is 5.71. The van der Waals surface area contributed by atoms with E-state index < -0.39 is 5.60 Å². The first-order valence-electron chi connectivity index (χ1n) is 5.55. The van der Waals surface area contributed by atoms with Gasteiger partial charge in [-0.25, -0.2) is 0 Å². The van der Waals surface area contributed by atoms with Crippen LogP contribution in [0.15, 0.2) is 22.7 Å². The number of halogens is 1. The van der Waals surface area contributed by atoms with Gasteiger partial charge in [-0.05, 0) is 38.0 Å². The molecule has 1 atom stereocenters. The van der Waals surface area contributed by atoms with Crippen molar-refractivity contribution in [2.75, 3.05) is 12.4 Å². The molecule has 0 saturated carbocycles. The molecule has 0 saturated heterocycles. The van der Waals surface area contributed by atoms with Crippen LogP contribution in [0.1, 0.15) is 25.8 Å². The molecule has 1 aromatic rings. The molecule has 1 unspecified atom stereocenters. The first-order valence-corrected chi connectivity index (χ1v) is 6.35. The fourth-order valence-corrected chi connectivity index (χ4v) is 1.71. The van der Waals surface area contributed by atoms with E-state index >= 15 is 0 Å². The lowest BCUT2D eigenvalue weighted by Gasteiger charge is -2.25. The molecule has 0 fully saturated rings. The van der Waals surface area contributed by atoms with Crippen molar-refractivity contribution in [3.8, 4) is 0 Å². The topological polar surface area (TPSA) is 38.3 Å². The second kappa shape index (κ2) is 5.65. The Kier molecular flexibility index (Phi) is 4.71. The number of aryl methyl sites for hydroxylation is 1. The SMILES string of the molecule is CCC(C)(OC)C(=O)Nc1ccc(C)c(Br)c1. The highest BCUT2D eigenvalue weighted by Crippen LogP contribution is 2.22. The minimum atomic E-state index is -0.780. The van der Waals surface area contributed by atoms with Crippen LogP contribution in [-0.2, 0) is 9.53 Å². The van der Waals surface area contributed by atoms with Crippen LogP contribution < -0.4 is 5.32 Å². The van der Waals surface area contributed by atoms with E-state index in [0.29, 0.717) is 6.42 Å². The number of hydrogen-bond acceptors (Lipinski definition) is 2. The molecule has 4 heteroatoms. The third-order valence-electron chi connectivity index (χ3n) is 3.04. The predicted octanol–water partition coefficient (Wildman–Crippen LogP) is 3.51. The standard InChI is InChI=1S/C13H18BrNO2/c1-5-13(3,17-4)12(16)15-10-7-6-9(2)11(14)8-10/h6-8H,5H2,1-4H3,(H,15,16). The largest absolute Gasteiger partial charge is 0.369 e. The van der Waals surface area contributed by atoms with Crippen LogP contribution in [0.2, 0.25) is 0 Å². The van der Waals surface area contributed by atoms with Crippen LogP contribution in [-0.4, -0.2) is 18.6 Å². The Morgan fingerprint density at radius 1 is 1.53 bits per heavy atom. The van der Waals surface area contributed by atoms with E-state index in [1.807, 2.05) is 32.0 Å². The number of hydrogen-bond donors (Lipinski definition) is 1. The van der Waals surface area contributed by atoms with Gasteiger partial charge in [-0.1, -0.05) is 28.9 Å². The van der Waals surface area contributed by atoms with E-state index in [0.717, 1.165) is 15.7 Å². The molecule has 0 radical (unpaired) electrons. The van der Waals surface area contributed by atoms with Gasteiger partial charge in [-0.3, -0.25) is 4.79 Å². The van der Waals surface area contributed by atoms with Gasteiger partial charge in [0.25, 0.3) is 5.91 Å². The molecule has 1 aromatic carbocycles. The quantitative estimate of drug-likeness (QED) is 0.924. The van der Waals surface area contributed by atoms with E-state index in [1.165, 1.54) is 0 Å². The molecule has 0 bridgehead atoms. The van der Waals surface area contributed by atoms with Crippen LogP contribution in [0.5, 0.6) is 0 Å². The second-order valence-electron chi connectivity index (χ2n) is 4.21. The number of methoxy groups -OCH3 is 1. The number of carbonyl (C=O) groups is 1. The van der Waals surface area contributed by atoms with Crippen LogP contribution in [0.3, 0.4) is 0 Å². The summed E-state index contributed by atoms with van der Waals surface area (Å²) in [6.07, 6.45) is 0.627. The van der Waals surface area contributed by atoms with Crippen molar-refractivity contribution >= 4 is 27.5 Å². The summed E-state index contributed by atoms with van der Waals surface area (Å²) in [5, 5.41) is 2.86. The van der Waals surface area contributed by atoms with Gasteiger partial charge in [-0.15, -0.1) is 0 Å². The van der Waals surface area contributed by atoms with E-state index in [4.69, 9.17) is 4.74 Å². The average Bonchev–Trinajstić information content (AvgIpc) is 2.32. The van der Waals surface area contributed by atoms with Crippen molar-refractivity contribution in [3.05, 3.63) is 28.2 Å². The summed E-state index contributed by atoms with van der Waals surface area (Å²) >= 11 is 3.44.